The Kier molecular flexibility index (Phi) is 6.27. The summed E-state index contributed by atoms with van der Waals surface area (Å²) < 4.78 is 5.34. The third kappa shape index (κ3) is 5.46. The molecule has 6 nitrogen and oxygen atoms in total. The molecule has 0 aliphatic heterocycles. The van der Waals surface area contributed by atoms with E-state index in [1.165, 1.54) is 0 Å². The maximum atomic E-state index is 11.5. The number of carbonyl (C=O) groups excluding carboxylic acids is 1. The van der Waals surface area contributed by atoms with Gasteiger partial charge in [-0.1, -0.05) is 0 Å². The highest BCUT2D eigenvalue weighted by molar-refractivity contribution is 5.76. The van der Waals surface area contributed by atoms with Gasteiger partial charge in [-0.2, -0.15) is 0 Å². The second-order valence-corrected chi connectivity index (χ2v) is 3.74. The molecule has 1 atom stereocenters. The van der Waals surface area contributed by atoms with E-state index >= 15 is 0 Å². The zero-order valence-corrected chi connectivity index (χ0v) is 10.1. The average molecular weight is 240 g/mol. The maximum absolute atomic E-state index is 11.5. The fraction of sp³-hybridized carbons (Fsp3) is 0.636. The Morgan fingerprint density at radius 1 is 1.71 bits per heavy atom. The van der Waals surface area contributed by atoms with Crippen LogP contribution in [0.4, 0.5) is 0 Å². The molecular formula is C11H20N4O2. The van der Waals surface area contributed by atoms with Gasteiger partial charge >= 0.3 is 0 Å². The van der Waals surface area contributed by atoms with E-state index in [2.05, 4.69) is 15.3 Å². The maximum Gasteiger partial charge on any atom is 0.221 e. The Balaban J connectivity index is 2.44. The summed E-state index contributed by atoms with van der Waals surface area (Å²) in [5.41, 5.74) is 6.31. The monoisotopic (exact) mass is 240 g/mol. The number of nitrogens with one attached hydrogen (secondary N) is 2. The first-order valence-electron chi connectivity index (χ1n) is 5.80. The average Bonchev–Trinajstić information content (AvgIpc) is 2.79. The lowest BCUT2D eigenvalue weighted by Gasteiger charge is -2.17. The van der Waals surface area contributed by atoms with Crippen molar-refractivity contribution in [3.05, 3.63) is 18.2 Å². The van der Waals surface area contributed by atoms with Gasteiger partial charge in [-0.25, -0.2) is 4.98 Å². The number of hydrogen-bond donors (Lipinski definition) is 3. The number of amides is 1. The van der Waals surface area contributed by atoms with E-state index in [-0.39, 0.29) is 11.9 Å². The molecule has 0 saturated heterocycles. The molecule has 0 aliphatic rings. The number of hydrogen-bond acceptors (Lipinski definition) is 4. The van der Waals surface area contributed by atoms with E-state index in [1.54, 1.807) is 12.5 Å². The molecule has 0 aliphatic carbocycles. The van der Waals surface area contributed by atoms with Crippen LogP contribution in [-0.2, 0) is 16.0 Å². The van der Waals surface area contributed by atoms with Crippen molar-refractivity contribution in [1.29, 1.82) is 0 Å². The van der Waals surface area contributed by atoms with Gasteiger partial charge in [-0.15, -0.1) is 0 Å². The van der Waals surface area contributed by atoms with E-state index in [0.29, 0.717) is 32.6 Å². The second-order valence-electron chi connectivity index (χ2n) is 3.74. The van der Waals surface area contributed by atoms with Gasteiger partial charge in [0.2, 0.25) is 5.91 Å². The summed E-state index contributed by atoms with van der Waals surface area (Å²) in [5.74, 6) is -0.0447. The predicted octanol–water partition coefficient (Wildman–Crippen LogP) is -0.178. The lowest BCUT2D eigenvalue weighted by Crippen LogP contribution is -2.40. The minimum Gasteiger partial charge on any atom is -0.380 e. The Bertz CT molecular complexity index is 313. The smallest absolute Gasteiger partial charge is 0.221 e. The first kappa shape index (κ1) is 13.7. The Labute approximate surface area is 101 Å². The summed E-state index contributed by atoms with van der Waals surface area (Å²) in [4.78, 5) is 18.4. The fourth-order valence-electron chi connectivity index (χ4n) is 1.50. The molecule has 1 aromatic heterocycles. The summed E-state index contributed by atoms with van der Waals surface area (Å²) in [6.45, 7) is 3.41. The number of H-pyrrole nitrogens is 1. The van der Waals surface area contributed by atoms with Gasteiger partial charge in [-0.3, -0.25) is 4.79 Å². The normalized spacial score (nSPS) is 12.4. The molecule has 0 aromatic carbocycles. The van der Waals surface area contributed by atoms with Crippen molar-refractivity contribution >= 4 is 5.91 Å². The molecule has 1 aromatic rings. The van der Waals surface area contributed by atoms with Crippen LogP contribution in [0.2, 0.25) is 0 Å². The molecule has 17 heavy (non-hydrogen) atoms. The molecule has 1 heterocycles. The second kappa shape index (κ2) is 7.81. The Morgan fingerprint density at radius 2 is 2.53 bits per heavy atom. The third-order valence-corrected chi connectivity index (χ3v) is 2.28. The van der Waals surface area contributed by atoms with Gasteiger partial charge in [0.15, 0.2) is 0 Å². The topological polar surface area (TPSA) is 93.0 Å². The summed E-state index contributed by atoms with van der Waals surface area (Å²) in [5, 5.41) is 2.90. The molecule has 0 fully saturated rings. The van der Waals surface area contributed by atoms with Crippen LogP contribution in [0.1, 0.15) is 19.0 Å². The first-order chi connectivity index (χ1) is 8.26. The molecule has 6 heteroatoms. The molecule has 96 valence electrons. The number of aromatic nitrogens is 2. The zero-order chi connectivity index (χ0) is 12.5. The van der Waals surface area contributed by atoms with Crippen LogP contribution in [-0.4, -0.2) is 41.7 Å². The molecule has 1 amide bonds. The molecule has 4 N–H and O–H groups in total. The molecule has 0 spiro atoms. The van der Waals surface area contributed by atoms with Crippen molar-refractivity contribution in [2.45, 2.75) is 25.8 Å². The van der Waals surface area contributed by atoms with Crippen LogP contribution < -0.4 is 11.1 Å². The van der Waals surface area contributed by atoms with Crippen molar-refractivity contribution < 1.29 is 9.53 Å². The summed E-state index contributed by atoms with van der Waals surface area (Å²) in [6.07, 6.45) is 4.38. The molecule has 0 unspecified atom stereocenters. The highest BCUT2D eigenvalue weighted by atomic mass is 16.5. The molecular weight excluding hydrogens is 220 g/mol. The first-order valence-corrected chi connectivity index (χ1v) is 5.80. The van der Waals surface area contributed by atoms with Crippen molar-refractivity contribution in [3.63, 3.8) is 0 Å². The van der Waals surface area contributed by atoms with Crippen LogP contribution >= 0.6 is 0 Å². The van der Waals surface area contributed by atoms with Crippen molar-refractivity contribution in [1.82, 2.24) is 15.3 Å². The van der Waals surface area contributed by atoms with Gasteiger partial charge in [0.1, 0.15) is 0 Å². The van der Waals surface area contributed by atoms with E-state index in [4.69, 9.17) is 10.5 Å². The molecule has 0 radical (unpaired) electrons. The van der Waals surface area contributed by atoms with Gasteiger partial charge in [-0.05, 0) is 6.92 Å². The minimum atomic E-state index is -0.0468. The minimum absolute atomic E-state index is 0.0447. The number of rotatable bonds is 8. The van der Waals surface area contributed by atoms with Crippen LogP contribution in [0.25, 0.3) is 0 Å². The van der Waals surface area contributed by atoms with Gasteiger partial charge in [0, 0.05) is 37.9 Å². The number of nitrogens with zero attached hydrogens (tertiary/aromatic N) is 1. The summed E-state index contributed by atoms with van der Waals surface area (Å²) in [6, 6.07) is -0.0468. The van der Waals surface area contributed by atoms with Crippen LogP contribution in [0.5, 0.6) is 0 Å². The van der Waals surface area contributed by atoms with Crippen molar-refractivity contribution in [2.75, 3.05) is 19.8 Å². The van der Waals surface area contributed by atoms with Gasteiger partial charge < -0.3 is 20.8 Å². The number of carbonyl (C=O) groups is 1. The van der Waals surface area contributed by atoms with Crippen LogP contribution in [0.3, 0.4) is 0 Å². The third-order valence-electron chi connectivity index (χ3n) is 2.28. The van der Waals surface area contributed by atoms with Crippen molar-refractivity contribution in [2.24, 2.45) is 5.73 Å². The highest BCUT2D eigenvalue weighted by Crippen LogP contribution is 2.00. The lowest BCUT2D eigenvalue weighted by molar-refractivity contribution is -0.122. The van der Waals surface area contributed by atoms with Crippen LogP contribution in [0, 0.1) is 0 Å². The van der Waals surface area contributed by atoms with Crippen LogP contribution in [0.15, 0.2) is 12.5 Å². The Morgan fingerprint density at radius 3 is 3.12 bits per heavy atom. The number of aromatic amines is 1. The largest absolute Gasteiger partial charge is 0.380 e. The highest BCUT2D eigenvalue weighted by Gasteiger charge is 2.13. The van der Waals surface area contributed by atoms with E-state index < -0.39 is 0 Å². The zero-order valence-electron chi connectivity index (χ0n) is 10.1. The molecule has 0 bridgehead atoms. The quantitative estimate of drug-likeness (QED) is 0.588. The van der Waals surface area contributed by atoms with Crippen molar-refractivity contribution in [3.8, 4) is 0 Å². The number of nitrogens with two attached hydrogens (primary N) is 1. The standard InChI is InChI=1S/C11H20N4O2/c1-2-17-7-10(15-11(16)3-4-12)5-9-6-13-8-14-9/h6,8,10H,2-5,7,12H2,1H3,(H,13,14)(H,15,16)/t10-/m0/s1. The summed E-state index contributed by atoms with van der Waals surface area (Å²) >= 11 is 0. The predicted molar refractivity (Wildman–Crippen MR) is 64.4 cm³/mol. The number of imidazole rings is 1. The lowest BCUT2D eigenvalue weighted by atomic mass is 10.1. The van der Waals surface area contributed by atoms with E-state index in [9.17, 15) is 4.79 Å². The number of ether oxygens (including phenoxy) is 1. The van der Waals surface area contributed by atoms with Gasteiger partial charge in [0.25, 0.3) is 0 Å². The SMILES string of the molecule is CCOC[C@H](Cc1cnc[nH]1)NC(=O)CCN. The molecule has 1 rings (SSSR count). The van der Waals surface area contributed by atoms with Gasteiger partial charge in [0.05, 0.1) is 19.0 Å². The molecule has 0 saturated carbocycles. The van der Waals surface area contributed by atoms with E-state index in [0.717, 1.165) is 5.69 Å². The van der Waals surface area contributed by atoms with E-state index in [1.807, 2.05) is 6.92 Å². The Hall–Kier alpha value is -1.40. The summed E-state index contributed by atoms with van der Waals surface area (Å²) in [7, 11) is 0. The fourth-order valence-corrected chi connectivity index (χ4v) is 1.50.